The summed E-state index contributed by atoms with van der Waals surface area (Å²) in [6.45, 7) is 0. The molecule has 170 valence electrons. The molecule has 4 rings (SSSR count). The van der Waals surface area contributed by atoms with Gasteiger partial charge in [0, 0.05) is 6.07 Å². The van der Waals surface area contributed by atoms with Gasteiger partial charge in [-0.1, -0.05) is 30.3 Å². The molecule has 0 radical (unpaired) electrons. The largest absolute Gasteiger partial charge is 0.416 e. The molecule has 5 nitrogen and oxygen atoms in total. The van der Waals surface area contributed by atoms with Gasteiger partial charge < -0.3 is 0 Å². The number of nitrogens with one attached hydrogen (secondary N) is 1. The number of para-hydroxylation sites is 2. The van der Waals surface area contributed by atoms with E-state index in [-0.39, 0.29) is 5.69 Å². The van der Waals surface area contributed by atoms with E-state index < -0.39 is 27.6 Å². The summed E-state index contributed by atoms with van der Waals surface area (Å²) in [7, 11) is -3.60. The standard InChI is InChI=1S/C23H17F4N3O2S/c1-33(31,32)29-19-4-2-3-5-20(19)30-21-14-17(24)11-12-18(21)28-22(30)13-8-15-6-9-16(10-7-15)23(25,26)27/h2-14,29H,1H3/b13-8+. The number of halogens is 4. The average molecular weight is 475 g/mol. The molecule has 0 amide bonds. The van der Waals surface area contributed by atoms with Crippen molar-refractivity contribution < 1.29 is 26.0 Å². The van der Waals surface area contributed by atoms with E-state index in [0.29, 0.717) is 28.1 Å². The van der Waals surface area contributed by atoms with Crippen LogP contribution in [-0.4, -0.2) is 24.2 Å². The Hall–Kier alpha value is -3.66. The Balaban J connectivity index is 1.84. The van der Waals surface area contributed by atoms with Gasteiger partial charge in [-0.25, -0.2) is 17.8 Å². The zero-order valence-corrected chi connectivity index (χ0v) is 18.0. The summed E-state index contributed by atoms with van der Waals surface area (Å²) in [5.41, 5.74) is 1.25. The maximum Gasteiger partial charge on any atom is 0.416 e. The number of benzene rings is 3. The minimum atomic E-state index is -4.43. The lowest BCUT2D eigenvalue weighted by molar-refractivity contribution is -0.137. The van der Waals surface area contributed by atoms with Crippen LogP contribution in [0, 0.1) is 5.82 Å². The molecule has 0 unspecified atom stereocenters. The molecule has 0 aliphatic heterocycles. The first-order chi connectivity index (χ1) is 15.5. The third-order valence-corrected chi connectivity index (χ3v) is 5.34. The van der Waals surface area contributed by atoms with Crippen LogP contribution in [0.25, 0.3) is 28.9 Å². The van der Waals surface area contributed by atoms with E-state index in [1.165, 1.54) is 30.3 Å². The molecule has 33 heavy (non-hydrogen) atoms. The van der Waals surface area contributed by atoms with E-state index in [1.54, 1.807) is 41.0 Å². The van der Waals surface area contributed by atoms with E-state index in [2.05, 4.69) is 9.71 Å². The first kappa shape index (κ1) is 22.5. The van der Waals surface area contributed by atoms with Gasteiger partial charge in [0.15, 0.2) is 0 Å². The highest BCUT2D eigenvalue weighted by molar-refractivity contribution is 7.92. The summed E-state index contributed by atoms with van der Waals surface area (Å²) in [6.07, 6.45) is -0.282. The van der Waals surface area contributed by atoms with E-state index in [4.69, 9.17) is 0 Å². The fourth-order valence-electron chi connectivity index (χ4n) is 3.34. The molecule has 0 bridgehead atoms. The lowest BCUT2D eigenvalue weighted by Crippen LogP contribution is -2.12. The SMILES string of the molecule is CS(=O)(=O)Nc1ccccc1-n1c(/C=C/c2ccc(C(F)(F)F)cc2)nc2ccc(F)cc21. The molecule has 0 saturated carbocycles. The maximum atomic E-state index is 14.0. The highest BCUT2D eigenvalue weighted by atomic mass is 32.2. The third-order valence-electron chi connectivity index (χ3n) is 4.75. The number of alkyl halides is 3. The summed E-state index contributed by atoms with van der Waals surface area (Å²) >= 11 is 0. The number of aromatic nitrogens is 2. The van der Waals surface area contributed by atoms with E-state index in [0.717, 1.165) is 18.4 Å². The van der Waals surface area contributed by atoms with E-state index in [9.17, 15) is 26.0 Å². The number of hydrogen-bond acceptors (Lipinski definition) is 3. The Bertz CT molecular complexity index is 1460. The quantitative estimate of drug-likeness (QED) is 0.375. The van der Waals surface area contributed by atoms with Crippen LogP contribution in [0.3, 0.4) is 0 Å². The van der Waals surface area contributed by atoms with Crippen molar-refractivity contribution in [3.8, 4) is 5.69 Å². The van der Waals surface area contributed by atoms with Gasteiger partial charge in [-0.05, 0) is 48.0 Å². The number of imidazole rings is 1. The molecule has 1 N–H and O–H groups in total. The minimum absolute atomic E-state index is 0.257. The summed E-state index contributed by atoms with van der Waals surface area (Å²) in [6, 6.07) is 15.2. The molecule has 4 aromatic rings. The van der Waals surface area contributed by atoms with Crippen LogP contribution in [0.2, 0.25) is 0 Å². The molecule has 1 aromatic heterocycles. The third kappa shape index (κ3) is 5.06. The molecule has 0 atom stereocenters. The monoisotopic (exact) mass is 475 g/mol. The molecule has 0 aliphatic carbocycles. The maximum absolute atomic E-state index is 14.0. The summed E-state index contributed by atoms with van der Waals surface area (Å²) in [5, 5.41) is 0. The Morgan fingerprint density at radius 3 is 2.33 bits per heavy atom. The highest BCUT2D eigenvalue weighted by Gasteiger charge is 2.29. The van der Waals surface area contributed by atoms with Crippen molar-refractivity contribution in [2.24, 2.45) is 0 Å². The molecule has 1 heterocycles. The fraction of sp³-hybridized carbons (Fsp3) is 0.0870. The second-order valence-corrected chi connectivity index (χ2v) is 9.03. The van der Waals surface area contributed by atoms with E-state index in [1.807, 2.05) is 0 Å². The van der Waals surface area contributed by atoms with Gasteiger partial charge in [0.25, 0.3) is 0 Å². The predicted molar refractivity (Wildman–Crippen MR) is 120 cm³/mol. The summed E-state index contributed by atoms with van der Waals surface area (Å²) in [4.78, 5) is 4.49. The van der Waals surface area contributed by atoms with Gasteiger partial charge in [0.05, 0.1) is 34.2 Å². The molecular formula is C23H17F4N3O2S. The van der Waals surface area contributed by atoms with Gasteiger partial charge >= 0.3 is 6.18 Å². The second kappa shape index (κ2) is 8.36. The van der Waals surface area contributed by atoms with Crippen molar-refractivity contribution in [3.63, 3.8) is 0 Å². The van der Waals surface area contributed by atoms with Gasteiger partial charge in [-0.15, -0.1) is 0 Å². The van der Waals surface area contributed by atoms with Gasteiger partial charge in [0.1, 0.15) is 11.6 Å². The zero-order valence-electron chi connectivity index (χ0n) is 17.1. The molecule has 0 spiro atoms. The van der Waals surface area contributed by atoms with Crippen molar-refractivity contribution in [2.45, 2.75) is 6.18 Å². The van der Waals surface area contributed by atoms with Gasteiger partial charge in [-0.2, -0.15) is 13.2 Å². The summed E-state index contributed by atoms with van der Waals surface area (Å²) in [5.74, 6) is -0.172. The molecule has 10 heteroatoms. The Morgan fingerprint density at radius 1 is 0.970 bits per heavy atom. The van der Waals surface area contributed by atoms with Gasteiger partial charge in [0.2, 0.25) is 10.0 Å². The van der Waals surface area contributed by atoms with Crippen LogP contribution in [0.4, 0.5) is 23.2 Å². The van der Waals surface area contributed by atoms with Crippen LogP contribution in [0.15, 0.2) is 66.7 Å². The summed E-state index contributed by atoms with van der Waals surface area (Å²) < 4.78 is 80.2. The van der Waals surface area contributed by atoms with Crippen LogP contribution in [-0.2, 0) is 16.2 Å². The number of nitrogens with zero attached hydrogens (tertiary/aromatic N) is 2. The van der Waals surface area contributed by atoms with E-state index >= 15 is 0 Å². The highest BCUT2D eigenvalue weighted by Crippen LogP contribution is 2.31. The number of rotatable bonds is 5. The van der Waals surface area contributed by atoms with Crippen molar-refractivity contribution in [1.82, 2.24) is 9.55 Å². The van der Waals surface area contributed by atoms with Crippen molar-refractivity contribution >= 4 is 38.9 Å². The predicted octanol–water partition coefficient (Wildman–Crippen LogP) is 5.73. The topological polar surface area (TPSA) is 64.0 Å². The second-order valence-electron chi connectivity index (χ2n) is 7.28. The Kier molecular flexibility index (Phi) is 5.71. The zero-order chi connectivity index (χ0) is 23.8. The smallest absolute Gasteiger partial charge is 0.291 e. The number of fused-ring (bicyclic) bond motifs is 1. The number of hydrogen-bond donors (Lipinski definition) is 1. The number of anilines is 1. The molecule has 3 aromatic carbocycles. The van der Waals surface area contributed by atoms with Crippen LogP contribution < -0.4 is 4.72 Å². The average Bonchev–Trinajstić information content (AvgIpc) is 3.08. The van der Waals surface area contributed by atoms with Crippen LogP contribution >= 0.6 is 0 Å². The molecule has 0 saturated heterocycles. The van der Waals surface area contributed by atoms with Crippen molar-refractivity contribution in [1.29, 1.82) is 0 Å². The first-order valence-electron chi connectivity index (χ1n) is 9.62. The number of sulfonamides is 1. The van der Waals surface area contributed by atoms with Crippen LogP contribution in [0.1, 0.15) is 17.0 Å². The van der Waals surface area contributed by atoms with Crippen molar-refractivity contribution in [3.05, 3.63) is 89.5 Å². The first-order valence-corrected chi connectivity index (χ1v) is 11.5. The Labute approximate surface area is 187 Å². The van der Waals surface area contributed by atoms with Crippen molar-refractivity contribution in [2.75, 3.05) is 11.0 Å². The van der Waals surface area contributed by atoms with Gasteiger partial charge in [-0.3, -0.25) is 9.29 Å². The lowest BCUT2D eigenvalue weighted by Gasteiger charge is -2.14. The normalized spacial score (nSPS) is 12.5. The molecule has 0 aliphatic rings. The Morgan fingerprint density at radius 2 is 1.67 bits per heavy atom. The van der Waals surface area contributed by atoms with Crippen LogP contribution in [0.5, 0.6) is 0 Å². The minimum Gasteiger partial charge on any atom is -0.291 e. The molecular weight excluding hydrogens is 458 g/mol. The molecule has 0 fully saturated rings. The lowest BCUT2D eigenvalue weighted by atomic mass is 10.1. The fourth-order valence-corrected chi connectivity index (χ4v) is 3.91.